The highest BCUT2D eigenvalue weighted by Gasteiger charge is 1.67. The molecule has 0 aliphatic heterocycles. The van der Waals surface area contributed by atoms with E-state index in [0.29, 0.717) is 0 Å². The van der Waals surface area contributed by atoms with Crippen molar-refractivity contribution in [2.75, 3.05) is 0 Å². The summed E-state index contributed by atoms with van der Waals surface area (Å²) in [6.45, 7) is 0. The lowest BCUT2D eigenvalue weighted by molar-refractivity contribution is 0.907. The number of H-pyrrole nitrogens is 2. The molecule has 0 aliphatic rings. The van der Waals surface area contributed by atoms with Gasteiger partial charge in [0.1, 0.15) is 0 Å². The molecule has 0 aromatic carbocycles. The van der Waals surface area contributed by atoms with E-state index < -0.39 is 0 Å². The van der Waals surface area contributed by atoms with Gasteiger partial charge in [0.25, 0.3) is 0 Å². The van der Waals surface area contributed by atoms with Crippen LogP contribution in [0.3, 0.4) is 0 Å². The first-order valence-electron chi connectivity index (χ1n) is 1.14. The summed E-state index contributed by atoms with van der Waals surface area (Å²) in [7, 11) is 1.89. The van der Waals surface area contributed by atoms with Gasteiger partial charge in [-0.15, -0.1) is 0 Å². The second-order valence-electron chi connectivity index (χ2n) is 0.783. The van der Waals surface area contributed by atoms with E-state index in [1.807, 2.05) is 7.05 Å². The zero-order valence-corrected chi connectivity index (χ0v) is 2.45. The van der Waals surface area contributed by atoms with Gasteiger partial charge in [-0.3, -0.25) is 0 Å². The fourth-order valence-corrected chi connectivity index (χ4v) is 0.0500. The fourth-order valence-electron chi connectivity index (χ4n) is 0.0500. The van der Waals surface area contributed by atoms with Crippen molar-refractivity contribution in [3.63, 3.8) is 0 Å². The third-order valence-electron chi connectivity index (χ3n) is 0.335. The van der Waals surface area contributed by atoms with Gasteiger partial charge in [-0.05, 0) is 0 Å². The topological polar surface area (TPSA) is 36.5 Å². The molecule has 3 nitrogen and oxygen atoms in total. The quantitative estimate of drug-likeness (QED) is 0.411. The Bertz CT molecular complexity index is 61.8. The third kappa shape index (κ3) is 0.0389. The van der Waals surface area contributed by atoms with Crippen LogP contribution in [0.15, 0.2) is 0 Å². The molecule has 1 aromatic rings. The maximum Gasteiger partial charge on any atom is 0.0482 e. The van der Waals surface area contributed by atoms with Crippen molar-refractivity contribution in [1.82, 2.24) is 15.2 Å². The first kappa shape index (κ1) is 1.69. The average molecular weight is 59.1 g/mol. The SMILES string of the molecule is Cn1[nH][nH]1. The Kier molecular flexibility index (Phi) is 0.103. The zero-order valence-electron chi connectivity index (χ0n) is 2.45. The average Bonchev–Trinajstić information content (AvgIpc) is 1.75. The maximum atomic E-state index is 2.68. The number of nitrogens with one attached hydrogen (secondary N) is 2. The Morgan fingerprint density at radius 3 is 1.75 bits per heavy atom. The largest absolute Gasteiger partial charge is 0.210 e. The molecule has 0 atom stereocenters. The molecule has 2 N–H and O–H groups in total. The van der Waals surface area contributed by atoms with Crippen molar-refractivity contribution in [2.24, 2.45) is 7.05 Å². The molecule has 0 saturated heterocycles. The minimum Gasteiger partial charge on any atom is -0.210 e. The van der Waals surface area contributed by atoms with Crippen LogP contribution in [0.25, 0.3) is 0 Å². The maximum absolute atomic E-state index is 2.68. The molecule has 0 unspecified atom stereocenters. The normalized spacial score (nSPS) is 9.25. The lowest BCUT2D eigenvalue weighted by Gasteiger charge is -1.49. The Balaban J connectivity index is 2.81. The van der Waals surface area contributed by atoms with E-state index in [2.05, 4.69) is 10.4 Å². The lowest BCUT2D eigenvalue weighted by atomic mass is 11.5. The fraction of sp³-hybridized carbons (Fsp3) is 1.00. The first-order chi connectivity index (χ1) is 1.89. The number of aromatic nitrogens is 3. The molecule has 4 heavy (non-hydrogen) atoms. The van der Waals surface area contributed by atoms with Crippen LogP contribution >= 0.6 is 0 Å². The van der Waals surface area contributed by atoms with Gasteiger partial charge in [-0.2, -0.15) is 0 Å². The summed E-state index contributed by atoms with van der Waals surface area (Å²) in [5.74, 6) is 0. The number of hydrogen-bond donors (Lipinski definition) is 2. The van der Waals surface area contributed by atoms with Crippen LogP contribution in [0.5, 0.6) is 0 Å². The zero-order chi connectivity index (χ0) is 2.99. The van der Waals surface area contributed by atoms with Crippen LogP contribution in [-0.4, -0.2) is 15.2 Å². The molecule has 0 fully saturated rings. The molecule has 0 amide bonds. The standard InChI is InChI=1S/CH5N3/c1-4-2-3-4/h2-3H,1H3. The monoisotopic (exact) mass is 59.0 g/mol. The predicted molar refractivity (Wildman–Crippen MR) is 14.1 cm³/mol. The van der Waals surface area contributed by atoms with E-state index in [4.69, 9.17) is 0 Å². The second kappa shape index (κ2) is 0.243. The van der Waals surface area contributed by atoms with E-state index in [0.717, 1.165) is 0 Å². The van der Waals surface area contributed by atoms with Gasteiger partial charge in [0.05, 0.1) is 0 Å². The summed E-state index contributed by atoms with van der Waals surface area (Å²) >= 11 is 0. The highest BCUT2D eigenvalue weighted by molar-refractivity contribution is 4.07. The Labute approximate surface area is 23.5 Å². The number of rotatable bonds is 0. The Hall–Kier alpha value is -0.600. The van der Waals surface area contributed by atoms with E-state index >= 15 is 0 Å². The van der Waals surface area contributed by atoms with E-state index in [1.165, 1.54) is 0 Å². The van der Waals surface area contributed by atoms with Crippen LogP contribution in [0.4, 0.5) is 0 Å². The molecule has 1 rings (SSSR count). The number of aryl methyl sites for hydroxylation is 1. The van der Waals surface area contributed by atoms with E-state index in [1.54, 1.807) is 4.80 Å². The van der Waals surface area contributed by atoms with Crippen molar-refractivity contribution < 1.29 is 0 Å². The summed E-state index contributed by atoms with van der Waals surface area (Å²) in [6, 6.07) is 0. The van der Waals surface area contributed by atoms with Crippen LogP contribution in [0, 0.1) is 0 Å². The third-order valence-corrected chi connectivity index (χ3v) is 0.335. The number of nitrogens with zero attached hydrogens (tertiary/aromatic N) is 1. The molecule has 0 saturated carbocycles. The lowest BCUT2D eigenvalue weighted by Crippen LogP contribution is -1.63. The van der Waals surface area contributed by atoms with Crippen molar-refractivity contribution in [2.45, 2.75) is 0 Å². The predicted octanol–water partition coefficient (Wildman–Crippen LogP) is -0.319. The van der Waals surface area contributed by atoms with Crippen molar-refractivity contribution in [3.05, 3.63) is 0 Å². The molecule has 3 heteroatoms. The first-order valence-corrected chi connectivity index (χ1v) is 1.14. The van der Waals surface area contributed by atoms with Crippen LogP contribution < -0.4 is 0 Å². The summed E-state index contributed by atoms with van der Waals surface area (Å²) < 4.78 is 0. The minimum atomic E-state index is 1.75. The van der Waals surface area contributed by atoms with Gasteiger partial charge in [0, 0.05) is 7.05 Å². The summed E-state index contributed by atoms with van der Waals surface area (Å²) in [4.78, 5) is 1.75. The van der Waals surface area contributed by atoms with Gasteiger partial charge in [-0.1, -0.05) is 0 Å². The summed E-state index contributed by atoms with van der Waals surface area (Å²) in [5.41, 5.74) is 0. The van der Waals surface area contributed by atoms with Crippen molar-refractivity contribution in [1.29, 1.82) is 0 Å². The molecule has 0 spiro atoms. The number of hydrogen-bond acceptors (Lipinski definition) is 0. The van der Waals surface area contributed by atoms with Gasteiger partial charge in [0.2, 0.25) is 0 Å². The molecular weight excluding hydrogens is 54.0 g/mol. The summed E-state index contributed by atoms with van der Waals surface area (Å²) in [6.07, 6.45) is 0. The molecule has 0 aliphatic carbocycles. The number of aromatic amines is 2. The second-order valence-corrected chi connectivity index (χ2v) is 0.783. The van der Waals surface area contributed by atoms with Gasteiger partial charge in [-0.25, -0.2) is 15.2 Å². The molecule has 0 bridgehead atoms. The van der Waals surface area contributed by atoms with Crippen LogP contribution in [-0.2, 0) is 7.05 Å². The van der Waals surface area contributed by atoms with Gasteiger partial charge >= 0.3 is 0 Å². The van der Waals surface area contributed by atoms with Gasteiger partial charge in [0.15, 0.2) is 0 Å². The molecule has 0 radical (unpaired) electrons. The van der Waals surface area contributed by atoms with Crippen molar-refractivity contribution in [3.8, 4) is 0 Å². The van der Waals surface area contributed by atoms with Crippen LogP contribution in [0.1, 0.15) is 0 Å². The van der Waals surface area contributed by atoms with Crippen LogP contribution in [0.2, 0.25) is 0 Å². The van der Waals surface area contributed by atoms with Gasteiger partial charge < -0.3 is 0 Å². The van der Waals surface area contributed by atoms with Crippen molar-refractivity contribution >= 4 is 0 Å². The minimum absolute atomic E-state index is 1.75. The van der Waals surface area contributed by atoms with E-state index in [-0.39, 0.29) is 0 Å². The highest BCUT2D eigenvalue weighted by Crippen LogP contribution is 1.54. The smallest absolute Gasteiger partial charge is 0.0482 e. The Morgan fingerprint density at radius 2 is 1.75 bits per heavy atom. The molecule has 24 valence electrons. The highest BCUT2D eigenvalue weighted by atomic mass is 15.7. The van der Waals surface area contributed by atoms with E-state index in [9.17, 15) is 0 Å². The molecule has 1 aromatic heterocycles. The summed E-state index contributed by atoms with van der Waals surface area (Å²) in [5, 5.41) is 5.36. The molecule has 1 heterocycles. The Morgan fingerprint density at radius 1 is 1.50 bits per heavy atom. The molecular formula is CH5N3.